The summed E-state index contributed by atoms with van der Waals surface area (Å²) < 4.78 is 0. The molecule has 2 aromatic heterocycles. The van der Waals surface area contributed by atoms with Crippen molar-refractivity contribution >= 4 is 34.1 Å². The zero-order valence-electron chi connectivity index (χ0n) is 8.95. The van der Waals surface area contributed by atoms with Gasteiger partial charge in [0.15, 0.2) is 0 Å². The minimum atomic E-state index is 0.873. The molecule has 3 aromatic rings. The molecule has 3 nitrogen and oxygen atoms in total. The molecule has 0 fully saturated rings. The molecule has 0 aliphatic carbocycles. The van der Waals surface area contributed by atoms with Gasteiger partial charge in [0.1, 0.15) is 5.01 Å². The Morgan fingerprint density at radius 2 is 2.00 bits per heavy atom. The third-order valence-electron chi connectivity index (χ3n) is 2.38. The van der Waals surface area contributed by atoms with Crippen LogP contribution in [0, 0.1) is 0 Å². The highest BCUT2D eigenvalue weighted by Gasteiger charge is 1.99. The Morgan fingerprint density at radius 1 is 1.06 bits per heavy atom. The first-order valence-electron chi connectivity index (χ1n) is 5.21. The van der Waals surface area contributed by atoms with E-state index in [9.17, 15) is 0 Å². The number of benzene rings is 1. The van der Waals surface area contributed by atoms with Crippen molar-refractivity contribution in [3.8, 4) is 0 Å². The van der Waals surface area contributed by atoms with E-state index < -0.39 is 0 Å². The molecule has 3 rings (SSSR count). The van der Waals surface area contributed by atoms with Crippen LogP contribution in [0.25, 0.3) is 10.9 Å². The summed E-state index contributed by atoms with van der Waals surface area (Å²) in [7, 11) is 0. The molecule has 0 saturated heterocycles. The lowest BCUT2D eigenvalue weighted by molar-refractivity contribution is 1.38. The molecule has 0 bridgehead atoms. The van der Waals surface area contributed by atoms with Crippen LogP contribution in [0.5, 0.6) is 0 Å². The summed E-state index contributed by atoms with van der Waals surface area (Å²) >= 11 is 1.57. The highest BCUT2D eigenvalue weighted by molar-refractivity contribution is 7.11. The molecule has 0 spiro atoms. The standard InChI is InChI=1S/C13H9N3S/c1-3-10-4-2-6-15-13(10)11(5-1)16-9-12-14-7-8-17-12/h1-9H. The van der Waals surface area contributed by atoms with Crippen molar-refractivity contribution in [1.29, 1.82) is 0 Å². The van der Waals surface area contributed by atoms with Crippen molar-refractivity contribution in [3.05, 3.63) is 53.1 Å². The van der Waals surface area contributed by atoms with E-state index in [0.717, 1.165) is 21.6 Å². The van der Waals surface area contributed by atoms with Crippen molar-refractivity contribution in [2.75, 3.05) is 0 Å². The van der Waals surface area contributed by atoms with Gasteiger partial charge in [0.25, 0.3) is 0 Å². The summed E-state index contributed by atoms with van der Waals surface area (Å²) in [5.74, 6) is 0. The van der Waals surface area contributed by atoms with E-state index in [2.05, 4.69) is 15.0 Å². The van der Waals surface area contributed by atoms with Crippen LogP contribution in [-0.4, -0.2) is 16.2 Å². The van der Waals surface area contributed by atoms with Gasteiger partial charge in [-0.2, -0.15) is 0 Å². The van der Waals surface area contributed by atoms with Crippen molar-refractivity contribution in [1.82, 2.24) is 9.97 Å². The van der Waals surface area contributed by atoms with E-state index in [1.807, 2.05) is 35.7 Å². The van der Waals surface area contributed by atoms with E-state index >= 15 is 0 Å². The van der Waals surface area contributed by atoms with E-state index in [1.165, 1.54) is 0 Å². The zero-order chi connectivity index (χ0) is 11.5. The van der Waals surface area contributed by atoms with Crippen LogP contribution in [0.4, 0.5) is 5.69 Å². The van der Waals surface area contributed by atoms with Crippen LogP contribution in [0.1, 0.15) is 5.01 Å². The van der Waals surface area contributed by atoms with Crippen molar-refractivity contribution in [3.63, 3.8) is 0 Å². The molecule has 0 aliphatic heterocycles. The van der Waals surface area contributed by atoms with Gasteiger partial charge in [-0.1, -0.05) is 18.2 Å². The number of pyridine rings is 1. The van der Waals surface area contributed by atoms with Gasteiger partial charge in [0.2, 0.25) is 0 Å². The largest absolute Gasteiger partial charge is 0.254 e. The Hall–Kier alpha value is -2.07. The molecule has 0 radical (unpaired) electrons. The molecule has 4 heteroatoms. The smallest absolute Gasteiger partial charge is 0.134 e. The zero-order valence-corrected chi connectivity index (χ0v) is 9.76. The van der Waals surface area contributed by atoms with Gasteiger partial charge in [-0.25, -0.2) is 4.98 Å². The fourth-order valence-corrected chi connectivity index (χ4v) is 2.11. The molecule has 1 aromatic carbocycles. The van der Waals surface area contributed by atoms with Crippen LogP contribution in [0.15, 0.2) is 53.1 Å². The van der Waals surface area contributed by atoms with Gasteiger partial charge < -0.3 is 0 Å². The van der Waals surface area contributed by atoms with Crippen LogP contribution < -0.4 is 0 Å². The fourth-order valence-electron chi connectivity index (χ4n) is 1.62. The number of fused-ring (bicyclic) bond motifs is 1. The highest BCUT2D eigenvalue weighted by Crippen LogP contribution is 2.23. The predicted octanol–water partition coefficient (Wildman–Crippen LogP) is 3.44. The second kappa shape index (κ2) is 4.43. The SMILES string of the molecule is C(=Nc1cccc2cccnc12)c1nccs1. The molecule has 0 atom stereocenters. The van der Waals surface area contributed by atoms with E-state index in [1.54, 1.807) is 29.9 Å². The van der Waals surface area contributed by atoms with Crippen molar-refractivity contribution in [2.24, 2.45) is 4.99 Å². The molecule has 82 valence electrons. The summed E-state index contributed by atoms with van der Waals surface area (Å²) in [5.41, 5.74) is 1.79. The normalized spacial score (nSPS) is 11.3. The molecule has 2 heterocycles. The highest BCUT2D eigenvalue weighted by atomic mass is 32.1. The first kappa shape index (κ1) is 10.1. The topological polar surface area (TPSA) is 38.1 Å². The predicted molar refractivity (Wildman–Crippen MR) is 71.1 cm³/mol. The third kappa shape index (κ3) is 2.07. The van der Waals surface area contributed by atoms with Gasteiger partial charge in [0.05, 0.1) is 17.4 Å². The second-order valence-electron chi connectivity index (χ2n) is 3.48. The van der Waals surface area contributed by atoms with Gasteiger partial charge in [0, 0.05) is 23.2 Å². The first-order valence-corrected chi connectivity index (χ1v) is 6.09. The molecular formula is C13H9N3S. The molecule has 0 amide bonds. The monoisotopic (exact) mass is 239 g/mol. The number of aliphatic imine (C=N–C) groups is 1. The van der Waals surface area contributed by atoms with Crippen LogP contribution in [-0.2, 0) is 0 Å². The summed E-state index contributed by atoms with van der Waals surface area (Å²) in [6, 6.07) is 9.93. The minimum Gasteiger partial charge on any atom is -0.254 e. The number of hydrogen-bond acceptors (Lipinski definition) is 4. The van der Waals surface area contributed by atoms with Gasteiger partial charge in [-0.15, -0.1) is 11.3 Å². The number of para-hydroxylation sites is 1. The van der Waals surface area contributed by atoms with Crippen LogP contribution >= 0.6 is 11.3 Å². The number of aromatic nitrogens is 2. The molecule has 0 saturated carbocycles. The van der Waals surface area contributed by atoms with Crippen molar-refractivity contribution < 1.29 is 0 Å². The molecule has 0 unspecified atom stereocenters. The quantitative estimate of drug-likeness (QED) is 0.642. The Labute approximate surface area is 103 Å². The summed E-state index contributed by atoms with van der Waals surface area (Å²) in [6.45, 7) is 0. The fraction of sp³-hybridized carbons (Fsp3) is 0. The molecule has 0 N–H and O–H groups in total. The van der Waals surface area contributed by atoms with Crippen molar-refractivity contribution in [2.45, 2.75) is 0 Å². The van der Waals surface area contributed by atoms with Gasteiger partial charge in [-0.05, 0) is 12.1 Å². The van der Waals surface area contributed by atoms with Gasteiger partial charge in [-0.3, -0.25) is 9.98 Å². The Morgan fingerprint density at radius 3 is 2.88 bits per heavy atom. The number of nitrogens with zero attached hydrogens (tertiary/aromatic N) is 3. The number of thiazole rings is 1. The Kier molecular flexibility index (Phi) is 2.63. The summed E-state index contributed by atoms with van der Waals surface area (Å²) in [5, 5.41) is 3.93. The maximum Gasteiger partial charge on any atom is 0.134 e. The average Bonchev–Trinajstić information content (AvgIpc) is 2.89. The summed E-state index contributed by atoms with van der Waals surface area (Å²) in [4.78, 5) is 12.9. The number of rotatable bonds is 2. The molecule has 0 aliphatic rings. The van der Waals surface area contributed by atoms with E-state index in [-0.39, 0.29) is 0 Å². The maximum absolute atomic E-state index is 4.44. The Balaban J connectivity index is 2.06. The first-order chi connectivity index (χ1) is 8.43. The van der Waals surface area contributed by atoms with E-state index in [4.69, 9.17) is 0 Å². The molecule has 17 heavy (non-hydrogen) atoms. The lowest BCUT2D eigenvalue weighted by Crippen LogP contribution is -1.80. The second-order valence-corrected chi connectivity index (χ2v) is 4.41. The summed E-state index contributed by atoms with van der Waals surface area (Å²) in [6.07, 6.45) is 5.33. The van der Waals surface area contributed by atoms with Gasteiger partial charge >= 0.3 is 0 Å². The average molecular weight is 239 g/mol. The van der Waals surface area contributed by atoms with Crippen LogP contribution in [0.2, 0.25) is 0 Å². The lowest BCUT2D eigenvalue weighted by Gasteiger charge is -1.99. The maximum atomic E-state index is 4.44. The minimum absolute atomic E-state index is 0.873. The molecular weight excluding hydrogens is 230 g/mol. The number of hydrogen-bond donors (Lipinski definition) is 0. The third-order valence-corrected chi connectivity index (χ3v) is 3.09. The lowest BCUT2D eigenvalue weighted by atomic mass is 10.2. The Bertz CT molecular complexity index is 654. The van der Waals surface area contributed by atoms with Crippen LogP contribution in [0.3, 0.4) is 0 Å². The van der Waals surface area contributed by atoms with E-state index in [0.29, 0.717) is 0 Å².